The second-order valence-corrected chi connectivity index (χ2v) is 6.79. The molecule has 31 heavy (non-hydrogen) atoms. The minimum Gasteiger partial charge on any atom is -0.371 e. The van der Waals surface area contributed by atoms with Crippen LogP contribution in [0.25, 0.3) is 5.69 Å². The molecule has 1 saturated heterocycles. The van der Waals surface area contributed by atoms with E-state index in [1.54, 1.807) is 6.07 Å². The molecule has 11 heteroatoms. The van der Waals surface area contributed by atoms with Crippen LogP contribution >= 0.6 is 0 Å². The number of pyridine rings is 1. The molecule has 1 aromatic carbocycles. The van der Waals surface area contributed by atoms with Crippen molar-refractivity contribution in [2.75, 3.05) is 25.0 Å². The Kier molecular flexibility index (Phi) is 5.70. The van der Waals surface area contributed by atoms with E-state index < -0.39 is 29.7 Å². The molecule has 1 amide bonds. The third-order valence-electron chi connectivity index (χ3n) is 4.70. The summed E-state index contributed by atoms with van der Waals surface area (Å²) in [5.74, 6) is -1.06. The molecule has 1 aliphatic heterocycles. The van der Waals surface area contributed by atoms with Crippen molar-refractivity contribution in [3.63, 3.8) is 0 Å². The lowest BCUT2D eigenvalue weighted by molar-refractivity contribution is -0.141. The second kappa shape index (κ2) is 8.44. The topological polar surface area (TPSA) is 81.1 Å². The molecule has 3 heterocycles. The molecule has 1 atom stereocenters. The molecule has 0 radical (unpaired) electrons. The van der Waals surface area contributed by atoms with Gasteiger partial charge in [-0.2, -0.15) is 18.3 Å². The minimum atomic E-state index is -4.55. The number of amides is 1. The maximum absolute atomic E-state index is 14.5. The maximum atomic E-state index is 14.5. The van der Waals surface area contributed by atoms with Crippen molar-refractivity contribution in [1.82, 2.24) is 20.1 Å². The highest BCUT2D eigenvalue weighted by Crippen LogP contribution is 2.30. The van der Waals surface area contributed by atoms with E-state index in [4.69, 9.17) is 4.74 Å². The van der Waals surface area contributed by atoms with Crippen molar-refractivity contribution in [2.24, 2.45) is 0 Å². The Morgan fingerprint density at radius 3 is 2.74 bits per heavy atom. The summed E-state index contributed by atoms with van der Waals surface area (Å²) in [7, 11) is 0. The highest BCUT2D eigenvalue weighted by Gasteiger charge is 2.32. The number of nitrogens with one attached hydrogen (secondary N) is 2. The molecule has 3 aromatic rings. The average molecular weight is 435 g/mol. The maximum Gasteiger partial charge on any atom is 0.433 e. The molecule has 0 aliphatic carbocycles. The largest absolute Gasteiger partial charge is 0.433 e. The van der Waals surface area contributed by atoms with Gasteiger partial charge in [0, 0.05) is 30.5 Å². The van der Waals surface area contributed by atoms with Gasteiger partial charge in [-0.1, -0.05) is 6.07 Å². The summed E-state index contributed by atoms with van der Waals surface area (Å²) in [6.45, 7) is 1.48. The predicted molar refractivity (Wildman–Crippen MR) is 102 cm³/mol. The Morgan fingerprint density at radius 2 is 2.06 bits per heavy atom. The summed E-state index contributed by atoms with van der Waals surface area (Å²) < 4.78 is 59.3. The Morgan fingerprint density at radius 1 is 1.23 bits per heavy atom. The van der Waals surface area contributed by atoms with Gasteiger partial charge in [-0.25, -0.2) is 14.1 Å². The lowest BCUT2D eigenvalue weighted by Gasteiger charge is -2.26. The van der Waals surface area contributed by atoms with Gasteiger partial charge in [0.05, 0.1) is 36.4 Å². The molecule has 0 saturated carbocycles. The highest BCUT2D eigenvalue weighted by molar-refractivity contribution is 6.04. The first-order valence-corrected chi connectivity index (χ1v) is 9.33. The zero-order chi connectivity index (χ0) is 22.0. The van der Waals surface area contributed by atoms with Gasteiger partial charge in [0.1, 0.15) is 11.5 Å². The number of benzene rings is 1. The van der Waals surface area contributed by atoms with Crippen LogP contribution in [0.2, 0.25) is 0 Å². The molecule has 162 valence electrons. The van der Waals surface area contributed by atoms with E-state index >= 15 is 0 Å². The Hall–Kier alpha value is -3.31. The van der Waals surface area contributed by atoms with Crippen molar-refractivity contribution >= 4 is 11.6 Å². The number of halogens is 4. The summed E-state index contributed by atoms with van der Waals surface area (Å²) >= 11 is 0. The average Bonchev–Trinajstić information content (AvgIpc) is 3.24. The standard InChI is InChI=1S/C20H17F4N5O2/c21-14-2-1-3-15(18(14)16-10-25-6-7-31-16)28-19(30)12-8-27-29(11-12)13-4-5-17(26-9-13)20(22,23)24/h1-5,8-9,11,16,25H,6-7,10H2,(H,28,30)/t16-/m1/s1. The second-order valence-electron chi connectivity index (χ2n) is 6.79. The Balaban J connectivity index is 1.53. The van der Waals surface area contributed by atoms with Crippen LogP contribution in [0.15, 0.2) is 48.9 Å². The number of alkyl halides is 3. The first-order valence-electron chi connectivity index (χ1n) is 9.33. The van der Waals surface area contributed by atoms with Crippen molar-refractivity contribution in [3.8, 4) is 5.69 Å². The van der Waals surface area contributed by atoms with E-state index in [9.17, 15) is 22.4 Å². The normalized spacial score (nSPS) is 16.8. The number of nitrogens with zero attached hydrogens (tertiary/aromatic N) is 3. The molecule has 1 fully saturated rings. The van der Waals surface area contributed by atoms with Crippen molar-refractivity contribution in [3.05, 3.63) is 71.6 Å². The van der Waals surface area contributed by atoms with Gasteiger partial charge in [0.2, 0.25) is 0 Å². The first-order chi connectivity index (χ1) is 14.8. The van der Waals surface area contributed by atoms with Crippen molar-refractivity contribution in [2.45, 2.75) is 12.3 Å². The lowest BCUT2D eigenvalue weighted by atomic mass is 10.0. The van der Waals surface area contributed by atoms with E-state index in [0.29, 0.717) is 19.7 Å². The molecule has 2 aromatic heterocycles. The fraction of sp³-hybridized carbons (Fsp3) is 0.250. The third-order valence-corrected chi connectivity index (χ3v) is 4.70. The molecule has 1 aliphatic rings. The van der Waals surface area contributed by atoms with Gasteiger partial charge in [0.25, 0.3) is 5.91 Å². The number of aromatic nitrogens is 3. The van der Waals surface area contributed by atoms with Gasteiger partial charge >= 0.3 is 6.18 Å². The van der Waals surface area contributed by atoms with Crippen LogP contribution in [0.4, 0.5) is 23.2 Å². The number of carbonyl (C=O) groups excluding carboxylic acids is 1. The molecule has 7 nitrogen and oxygen atoms in total. The highest BCUT2D eigenvalue weighted by atomic mass is 19.4. The van der Waals surface area contributed by atoms with Crippen LogP contribution in [-0.4, -0.2) is 40.4 Å². The van der Waals surface area contributed by atoms with Crippen LogP contribution in [-0.2, 0) is 10.9 Å². The number of ether oxygens (including phenoxy) is 1. The van der Waals surface area contributed by atoms with Crippen molar-refractivity contribution in [1.29, 1.82) is 0 Å². The zero-order valence-corrected chi connectivity index (χ0v) is 16.0. The van der Waals surface area contributed by atoms with Gasteiger partial charge in [0.15, 0.2) is 0 Å². The summed E-state index contributed by atoms with van der Waals surface area (Å²) in [6, 6.07) is 6.36. The third kappa shape index (κ3) is 4.57. The van der Waals surface area contributed by atoms with Crippen molar-refractivity contribution < 1.29 is 27.1 Å². The Bertz CT molecular complexity index is 1080. The summed E-state index contributed by atoms with van der Waals surface area (Å²) in [5, 5.41) is 9.76. The number of carbonyl (C=O) groups is 1. The molecular weight excluding hydrogens is 418 g/mol. The summed E-state index contributed by atoms with van der Waals surface area (Å²) in [5.41, 5.74) is -0.137. The monoisotopic (exact) mass is 435 g/mol. The van der Waals surface area contributed by atoms with E-state index in [-0.39, 0.29) is 22.5 Å². The minimum absolute atomic E-state index is 0.137. The Labute approximate surface area is 174 Å². The van der Waals surface area contributed by atoms with Gasteiger partial charge in [-0.05, 0) is 24.3 Å². The van der Waals surface area contributed by atoms with Crippen LogP contribution in [0.5, 0.6) is 0 Å². The van der Waals surface area contributed by atoms with Crippen LogP contribution in [0.1, 0.15) is 27.7 Å². The molecule has 4 rings (SSSR count). The molecule has 0 unspecified atom stereocenters. The van der Waals surface area contributed by atoms with Crippen LogP contribution in [0.3, 0.4) is 0 Å². The fourth-order valence-corrected chi connectivity index (χ4v) is 3.19. The molecule has 0 spiro atoms. The van der Waals surface area contributed by atoms with Crippen LogP contribution < -0.4 is 10.6 Å². The first kappa shape index (κ1) is 20.9. The number of hydrogen-bond acceptors (Lipinski definition) is 5. The van der Waals surface area contributed by atoms with Crippen LogP contribution in [0, 0.1) is 5.82 Å². The fourth-order valence-electron chi connectivity index (χ4n) is 3.19. The lowest BCUT2D eigenvalue weighted by Crippen LogP contribution is -2.34. The molecule has 2 N–H and O–H groups in total. The van der Waals surface area contributed by atoms with E-state index in [1.807, 2.05) is 0 Å². The van der Waals surface area contributed by atoms with E-state index in [1.165, 1.54) is 35.3 Å². The zero-order valence-electron chi connectivity index (χ0n) is 16.0. The number of anilines is 1. The number of hydrogen-bond donors (Lipinski definition) is 2. The van der Waals surface area contributed by atoms with Gasteiger partial charge in [-0.3, -0.25) is 4.79 Å². The van der Waals surface area contributed by atoms with Gasteiger partial charge < -0.3 is 15.4 Å². The molecular formula is C20H17F4N5O2. The number of rotatable bonds is 4. The summed E-state index contributed by atoms with van der Waals surface area (Å²) in [6.07, 6.45) is -1.49. The quantitative estimate of drug-likeness (QED) is 0.615. The smallest absolute Gasteiger partial charge is 0.371 e. The van der Waals surface area contributed by atoms with Gasteiger partial charge in [-0.15, -0.1) is 0 Å². The van der Waals surface area contributed by atoms with E-state index in [2.05, 4.69) is 20.7 Å². The number of morpholine rings is 1. The molecule has 0 bridgehead atoms. The summed E-state index contributed by atoms with van der Waals surface area (Å²) in [4.78, 5) is 16.1. The SMILES string of the molecule is O=C(Nc1cccc(F)c1[C@H]1CNCCO1)c1cnn(-c2ccc(C(F)(F)F)nc2)c1. The predicted octanol–water partition coefficient (Wildman–Crippen LogP) is 3.34. The van der Waals surface area contributed by atoms with E-state index in [0.717, 1.165) is 12.3 Å².